The number of alkyl halides is 3. The lowest BCUT2D eigenvalue weighted by atomic mass is 9.82. The molecule has 0 saturated carbocycles. The zero-order valence-corrected chi connectivity index (χ0v) is 23.8. The third kappa shape index (κ3) is 4.69. The highest BCUT2D eigenvalue weighted by atomic mass is 79.9. The van der Waals surface area contributed by atoms with Crippen molar-refractivity contribution >= 4 is 50.8 Å². The molecule has 6 rings (SSSR count). The minimum absolute atomic E-state index is 0.00906. The molecule has 2 aliphatic rings. The molecule has 3 aromatic heterocycles. The van der Waals surface area contributed by atoms with E-state index in [1.165, 1.54) is 18.3 Å². The maximum absolute atomic E-state index is 13.7. The summed E-state index contributed by atoms with van der Waals surface area (Å²) in [6.07, 6.45) is -1.81. The number of hydrogen-bond acceptors (Lipinski definition) is 7. The predicted molar refractivity (Wildman–Crippen MR) is 146 cm³/mol. The summed E-state index contributed by atoms with van der Waals surface area (Å²) in [5, 5.41) is 16.5. The highest BCUT2D eigenvalue weighted by Crippen LogP contribution is 2.44. The number of anilines is 1. The van der Waals surface area contributed by atoms with Gasteiger partial charge in [0.15, 0.2) is 5.69 Å². The summed E-state index contributed by atoms with van der Waals surface area (Å²) in [6.45, 7) is 0.174. The van der Waals surface area contributed by atoms with Gasteiger partial charge in [-0.25, -0.2) is 4.98 Å². The van der Waals surface area contributed by atoms with Gasteiger partial charge in [0.05, 0.1) is 16.3 Å². The molecule has 4 heterocycles. The van der Waals surface area contributed by atoms with Crippen LogP contribution < -0.4 is 10.9 Å². The molecule has 1 spiro atoms. The van der Waals surface area contributed by atoms with E-state index in [-0.39, 0.29) is 45.8 Å². The van der Waals surface area contributed by atoms with Gasteiger partial charge in [-0.2, -0.15) is 22.7 Å². The van der Waals surface area contributed by atoms with Crippen LogP contribution in [0.15, 0.2) is 46.1 Å². The molecule has 1 aliphatic heterocycles. The maximum Gasteiger partial charge on any atom is 0.416 e. The van der Waals surface area contributed by atoms with Crippen molar-refractivity contribution in [1.82, 2.24) is 29.0 Å². The summed E-state index contributed by atoms with van der Waals surface area (Å²) in [4.78, 5) is 49.9. The van der Waals surface area contributed by atoms with E-state index in [1.807, 2.05) is 0 Å². The number of fused-ring (bicyclic) bond motifs is 3. The Balaban J connectivity index is 1.34. The molecule has 0 bridgehead atoms. The molecule has 1 atom stereocenters. The zero-order valence-electron chi connectivity index (χ0n) is 21.5. The number of amides is 2. The number of benzene rings is 1. The molecule has 218 valence electrons. The van der Waals surface area contributed by atoms with Crippen LogP contribution in [0, 0.1) is 0 Å². The number of halogens is 5. The molecule has 11 nitrogen and oxygen atoms in total. The second kappa shape index (κ2) is 10.1. The summed E-state index contributed by atoms with van der Waals surface area (Å²) in [5.41, 5.74) is -1.23. The first-order valence-corrected chi connectivity index (χ1v) is 13.8. The van der Waals surface area contributed by atoms with E-state index < -0.39 is 34.5 Å². The van der Waals surface area contributed by atoms with E-state index in [9.17, 15) is 32.7 Å². The van der Waals surface area contributed by atoms with E-state index in [1.54, 1.807) is 9.47 Å². The molecule has 42 heavy (non-hydrogen) atoms. The fourth-order valence-corrected chi connectivity index (χ4v) is 6.35. The van der Waals surface area contributed by atoms with Crippen molar-refractivity contribution in [1.29, 1.82) is 0 Å². The van der Waals surface area contributed by atoms with E-state index in [0.29, 0.717) is 37.1 Å². The van der Waals surface area contributed by atoms with Crippen molar-refractivity contribution in [3.8, 4) is 5.75 Å². The topological polar surface area (TPSA) is 135 Å². The van der Waals surface area contributed by atoms with Crippen molar-refractivity contribution < 1.29 is 27.9 Å². The summed E-state index contributed by atoms with van der Waals surface area (Å²) >= 11 is 9.20. The van der Waals surface area contributed by atoms with Gasteiger partial charge in [0.1, 0.15) is 12.3 Å². The SMILES string of the molecule is O=C(Cn1c2c(c(=O)n3nc(Br)nc13)C1(CC2)CCN(C(=O)c2ncccc2O)C1)Nc1ccc(C(F)(F)F)cc1Cl. The lowest BCUT2D eigenvalue weighted by Gasteiger charge is -2.25. The smallest absolute Gasteiger partial charge is 0.416 e. The standard InChI is InChI=1S/C26H20BrClF3N7O4/c27-23-34-24-37(11-18(40)33-15-4-3-13(10-14(15)28)26(29,30)31)16-5-6-25(19(16)21(41)38(24)35-23)7-9-36(12-25)22(42)20-17(39)2-1-8-32-20/h1-4,8,10,39H,5-7,9,11-12H2,(H,33,40). The Hall–Kier alpha value is -3.98. The van der Waals surface area contributed by atoms with Gasteiger partial charge in [-0.05, 0) is 65.5 Å². The van der Waals surface area contributed by atoms with Crippen LogP contribution >= 0.6 is 27.5 Å². The van der Waals surface area contributed by atoms with Crippen LogP contribution in [0.4, 0.5) is 18.9 Å². The van der Waals surface area contributed by atoms with E-state index in [0.717, 1.165) is 22.7 Å². The highest BCUT2D eigenvalue weighted by Gasteiger charge is 2.49. The van der Waals surface area contributed by atoms with Crippen LogP contribution in [0.5, 0.6) is 5.75 Å². The lowest BCUT2D eigenvalue weighted by molar-refractivity contribution is -0.137. The normalized spacial score (nSPS) is 18.2. The molecule has 2 N–H and O–H groups in total. The van der Waals surface area contributed by atoms with Gasteiger partial charge in [0, 0.05) is 36.0 Å². The summed E-state index contributed by atoms with van der Waals surface area (Å²) in [5.74, 6) is -1.22. The Kier molecular flexibility index (Phi) is 6.76. The third-order valence-corrected chi connectivity index (χ3v) is 8.35. The summed E-state index contributed by atoms with van der Waals surface area (Å²) in [6, 6.07) is 5.49. The van der Waals surface area contributed by atoms with Crippen LogP contribution in [-0.2, 0) is 29.4 Å². The van der Waals surface area contributed by atoms with Crippen molar-refractivity contribution in [3.63, 3.8) is 0 Å². The molecular formula is C26H20BrClF3N7O4. The molecule has 16 heteroatoms. The second-order valence-corrected chi connectivity index (χ2v) is 11.3. The minimum atomic E-state index is -4.59. The van der Waals surface area contributed by atoms with Gasteiger partial charge in [0.25, 0.3) is 11.5 Å². The van der Waals surface area contributed by atoms with Gasteiger partial charge in [0.2, 0.25) is 16.4 Å². The number of rotatable bonds is 4. The van der Waals surface area contributed by atoms with Crippen molar-refractivity contribution in [2.24, 2.45) is 0 Å². The van der Waals surface area contributed by atoms with Crippen molar-refractivity contribution in [3.05, 3.63) is 79.2 Å². The van der Waals surface area contributed by atoms with Crippen LogP contribution in [0.25, 0.3) is 5.78 Å². The third-order valence-electron chi connectivity index (χ3n) is 7.70. The van der Waals surface area contributed by atoms with Crippen LogP contribution in [-0.4, -0.2) is 59.1 Å². The first kappa shape index (κ1) is 28.2. The minimum Gasteiger partial charge on any atom is -0.505 e. The quantitative estimate of drug-likeness (QED) is 0.339. The Morgan fingerprint density at radius 2 is 2.00 bits per heavy atom. The van der Waals surface area contributed by atoms with Crippen LogP contribution in [0.1, 0.15) is 40.2 Å². The van der Waals surface area contributed by atoms with Gasteiger partial charge in [-0.1, -0.05) is 11.6 Å². The fraction of sp³-hybridized carbons (Fsp3) is 0.308. The van der Waals surface area contributed by atoms with Crippen molar-refractivity contribution in [2.45, 2.75) is 37.4 Å². The zero-order chi connectivity index (χ0) is 30.0. The van der Waals surface area contributed by atoms with Gasteiger partial charge in [-0.3, -0.25) is 14.4 Å². The molecule has 0 radical (unpaired) electrons. The number of nitrogens with zero attached hydrogens (tertiary/aromatic N) is 6. The number of nitrogens with one attached hydrogen (secondary N) is 1. The Morgan fingerprint density at radius 1 is 1.21 bits per heavy atom. The maximum atomic E-state index is 13.7. The monoisotopic (exact) mass is 665 g/mol. The summed E-state index contributed by atoms with van der Waals surface area (Å²) < 4.78 is 41.8. The molecule has 1 unspecified atom stereocenters. The summed E-state index contributed by atoms with van der Waals surface area (Å²) in [7, 11) is 0. The van der Waals surface area contributed by atoms with Gasteiger partial charge < -0.3 is 19.9 Å². The Morgan fingerprint density at radius 3 is 2.71 bits per heavy atom. The first-order valence-electron chi connectivity index (χ1n) is 12.7. The molecule has 4 aromatic rings. The number of carbonyl (C=O) groups is 2. The Bertz CT molecular complexity index is 1840. The highest BCUT2D eigenvalue weighted by molar-refractivity contribution is 9.10. The average Bonchev–Trinajstić information content (AvgIpc) is 3.64. The molecule has 1 fully saturated rings. The Labute approximate surface area is 248 Å². The number of hydrogen-bond donors (Lipinski definition) is 2. The number of likely N-dealkylation sites (tertiary alicyclic amines) is 1. The van der Waals surface area contributed by atoms with Gasteiger partial charge in [-0.15, -0.1) is 5.10 Å². The number of aromatic hydroxyl groups is 1. The van der Waals surface area contributed by atoms with E-state index in [2.05, 4.69) is 36.3 Å². The number of aromatic nitrogens is 5. The first-order chi connectivity index (χ1) is 19.9. The lowest BCUT2D eigenvalue weighted by Crippen LogP contribution is -2.38. The number of carbonyl (C=O) groups excluding carboxylic acids is 2. The molecule has 2 amide bonds. The van der Waals surface area contributed by atoms with Crippen molar-refractivity contribution in [2.75, 3.05) is 18.4 Å². The van der Waals surface area contributed by atoms with E-state index in [4.69, 9.17) is 11.6 Å². The molecule has 1 aromatic carbocycles. The van der Waals surface area contributed by atoms with Gasteiger partial charge >= 0.3 is 6.18 Å². The molecule has 1 saturated heterocycles. The molecular weight excluding hydrogens is 647 g/mol. The van der Waals surface area contributed by atoms with Crippen LogP contribution in [0.2, 0.25) is 5.02 Å². The second-order valence-electron chi connectivity index (χ2n) is 10.2. The van der Waals surface area contributed by atoms with E-state index >= 15 is 0 Å². The fourth-order valence-electron chi connectivity index (χ4n) is 5.81. The van der Waals surface area contributed by atoms with Crippen LogP contribution in [0.3, 0.4) is 0 Å². The largest absolute Gasteiger partial charge is 0.505 e. The predicted octanol–water partition coefficient (Wildman–Crippen LogP) is 3.80. The molecule has 1 aliphatic carbocycles. The number of pyridine rings is 1. The average molecular weight is 667 g/mol.